The summed E-state index contributed by atoms with van der Waals surface area (Å²) in [5, 5.41) is 31.0. The summed E-state index contributed by atoms with van der Waals surface area (Å²) in [6.07, 6.45) is 4.75. The molecular formula is C16H12N7NaO5S3. The first-order valence-electron chi connectivity index (χ1n) is 8.49. The Morgan fingerprint density at radius 2 is 2.19 bits per heavy atom. The van der Waals surface area contributed by atoms with Crippen LogP contribution in [-0.2, 0) is 14.4 Å². The van der Waals surface area contributed by atoms with E-state index in [1.807, 2.05) is 0 Å². The number of nitrogen functional groups attached to an aromatic ring is 1. The molecule has 0 spiro atoms. The average Bonchev–Trinajstić information content (AvgIpc) is 3.42. The third kappa shape index (κ3) is 4.57. The van der Waals surface area contributed by atoms with E-state index in [-0.39, 0.29) is 51.8 Å². The Bertz CT molecular complexity index is 1150. The van der Waals surface area contributed by atoms with Crippen molar-refractivity contribution in [1.82, 2.24) is 24.8 Å². The van der Waals surface area contributed by atoms with Crippen LogP contribution in [0.25, 0.3) is 6.08 Å². The number of oxime groups is 1. The number of hydrogen-bond donors (Lipinski definition) is 3. The number of fused-ring (bicyclic) bond motifs is 1. The number of rotatable bonds is 6. The van der Waals surface area contributed by atoms with Crippen molar-refractivity contribution < 1.29 is 54.3 Å². The second-order valence-corrected chi connectivity index (χ2v) is 9.01. The standard InChI is InChI=1S/C16H13N7O5S3.Na/c17-16-19-8(5-30-16)9(21-28)12(24)20-10-13(25)23-11(15(26)27)6(4-29-14(10)23)1-2-7-3-18-22-31-7;/h1-3,5,10,14,28H,4H2,(H2,17,19)(H,20,24)(H,26,27);/q;+1/p-1/b2-1-,21-9-;/t10?,14-;/m0./s1. The first-order valence-corrected chi connectivity index (χ1v) is 11.2. The largest absolute Gasteiger partial charge is 1.00 e. The number of nitrogens with one attached hydrogen (secondary N) is 1. The molecule has 2 aliphatic heterocycles. The summed E-state index contributed by atoms with van der Waals surface area (Å²) in [6, 6.07) is -1.00. The van der Waals surface area contributed by atoms with Crippen molar-refractivity contribution in [1.29, 1.82) is 0 Å². The van der Waals surface area contributed by atoms with Crippen molar-refractivity contribution in [2.45, 2.75) is 11.4 Å². The molecule has 1 fully saturated rings. The molecule has 0 aliphatic carbocycles. The monoisotopic (exact) mass is 501 g/mol. The zero-order valence-electron chi connectivity index (χ0n) is 16.3. The summed E-state index contributed by atoms with van der Waals surface area (Å²) in [7, 11) is 0. The Balaban J connectivity index is 0.00000289. The van der Waals surface area contributed by atoms with E-state index >= 15 is 0 Å². The first-order chi connectivity index (χ1) is 14.9. The van der Waals surface area contributed by atoms with Gasteiger partial charge < -0.3 is 26.2 Å². The third-order valence-corrected chi connectivity index (χ3v) is 6.99. The molecule has 2 aliphatic rings. The number of carboxylic acids is 1. The van der Waals surface area contributed by atoms with Gasteiger partial charge in [-0.2, -0.15) is 0 Å². The van der Waals surface area contributed by atoms with Crippen LogP contribution in [0.3, 0.4) is 0 Å². The topological polar surface area (TPSA) is 187 Å². The molecule has 0 radical (unpaired) electrons. The molecule has 4 rings (SSSR count). The normalized spacial score (nSPS) is 20.6. The zero-order chi connectivity index (χ0) is 22.1. The quantitative estimate of drug-likeness (QED) is 0.115. The van der Waals surface area contributed by atoms with Gasteiger partial charge in [-0.3, -0.25) is 14.5 Å². The Labute approximate surface area is 214 Å². The number of nitrogens with two attached hydrogens (primary N) is 1. The summed E-state index contributed by atoms with van der Waals surface area (Å²) in [4.78, 5) is 42.6. The van der Waals surface area contributed by atoms with Crippen LogP contribution >= 0.6 is 34.6 Å². The van der Waals surface area contributed by atoms with E-state index in [4.69, 9.17) is 5.73 Å². The van der Waals surface area contributed by atoms with E-state index in [0.717, 1.165) is 32.6 Å². The number of thioether (sulfide) groups is 1. The van der Waals surface area contributed by atoms with Crippen LogP contribution in [0.2, 0.25) is 0 Å². The van der Waals surface area contributed by atoms with Gasteiger partial charge >= 0.3 is 29.6 Å². The molecule has 2 atom stereocenters. The number of nitrogens with zero attached hydrogens (tertiary/aromatic N) is 5. The number of aliphatic carboxylic acids is 1. The second-order valence-electron chi connectivity index (χ2n) is 6.20. The fraction of sp³-hybridized carbons (Fsp3) is 0.188. The van der Waals surface area contributed by atoms with E-state index in [1.165, 1.54) is 23.3 Å². The minimum Gasteiger partial charge on any atom is -0.543 e. The number of hydrogen-bond acceptors (Lipinski definition) is 13. The number of carbonyl (C=O) groups is 3. The van der Waals surface area contributed by atoms with E-state index in [1.54, 1.807) is 12.2 Å². The van der Waals surface area contributed by atoms with Gasteiger partial charge in [-0.1, -0.05) is 15.7 Å². The number of anilines is 1. The van der Waals surface area contributed by atoms with E-state index in [9.17, 15) is 24.7 Å². The molecule has 1 saturated heterocycles. The van der Waals surface area contributed by atoms with Gasteiger partial charge in [-0.15, -0.1) is 28.2 Å². The molecule has 1 unspecified atom stereocenters. The summed E-state index contributed by atoms with van der Waals surface area (Å²) in [6.45, 7) is 0. The maximum atomic E-state index is 12.7. The Kier molecular flexibility index (Phi) is 7.68. The number of aromatic nitrogens is 3. The summed E-state index contributed by atoms with van der Waals surface area (Å²) in [5.74, 6) is -2.68. The zero-order valence-corrected chi connectivity index (χ0v) is 20.7. The van der Waals surface area contributed by atoms with Gasteiger partial charge in [0.15, 0.2) is 10.8 Å². The minimum absolute atomic E-state index is 0. The molecule has 2 amide bonds. The maximum absolute atomic E-state index is 12.7. The van der Waals surface area contributed by atoms with Gasteiger partial charge in [0.25, 0.3) is 11.8 Å². The molecule has 4 heterocycles. The Morgan fingerprint density at radius 3 is 2.78 bits per heavy atom. The predicted octanol–water partition coefficient (Wildman–Crippen LogP) is -4.12. The van der Waals surface area contributed by atoms with Crippen molar-refractivity contribution in [3.05, 3.63) is 39.5 Å². The Morgan fingerprint density at radius 1 is 1.41 bits per heavy atom. The molecule has 2 aromatic rings. The fourth-order valence-corrected chi connectivity index (χ4v) is 5.29. The van der Waals surface area contributed by atoms with Crippen LogP contribution in [0.5, 0.6) is 0 Å². The maximum Gasteiger partial charge on any atom is 1.00 e. The number of amides is 2. The molecule has 0 aromatic carbocycles. The molecular weight excluding hydrogens is 489 g/mol. The number of carboxylic acid groups (broad SMARTS) is 1. The van der Waals surface area contributed by atoms with Gasteiger partial charge in [0.1, 0.15) is 17.1 Å². The number of carbonyl (C=O) groups excluding carboxylic acids is 3. The van der Waals surface area contributed by atoms with Crippen molar-refractivity contribution in [2.24, 2.45) is 5.16 Å². The summed E-state index contributed by atoms with van der Waals surface area (Å²) < 4.78 is 3.72. The van der Waals surface area contributed by atoms with E-state index in [0.29, 0.717) is 5.57 Å². The molecule has 32 heavy (non-hydrogen) atoms. The van der Waals surface area contributed by atoms with Crippen molar-refractivity contribution in [2.75, 3.05) is 11.5 Å². The molecule has 4 N–H and O–H groups in total. The van der Waals surface area contributed by atoms with Crippen LogP contribution in [0.1, 0.15) is 10.6 Å². The van der Waals surface area contributed by atoms with Gasteiger partial charge in [0.05, 0.1) is 22.7 Å². The van der Waals surface area contributed by atoms with Crippen molar-refractivity contribution in [3.8, 4) is 0 Å². The van der Waals surface area contributed by atoms with Gasteiger partial charge in [-0.05, 0) is 23.2 Å². The third-order valence-electron chi connectivity index (χ3n) is 4.38. The minimum atomic E-state index is -1.50. The van der Waals surface area contributed by atoms with Crippen molar-refractivity contribution >= 4 is 69.3 Å². The van der Waals surface area contributed by atoms with Crippen LogP contribution in [0.15, 0.2) is 34.1 Å². The molecule has 12 nitrogen and oxygen atoms in total. The van der Waals surface area contributed by atoms with E-state index in [2.05, 4.69) is 25.0 Å². The molecule has 0 saturated carbocycles. The van der Waals surface area contributed by atoms with Crippen LogP contribution in [0.4, 0.5) is 5.13 Å². The number of thiazole rings is 1. The van der Waals surface area contributed by atoms with Crippen LogP contribution in [0, 0.1) is 0 Å². The number of allylic oxidation sites excluding steroid dienone is 1. The summed E-state index contributed by atoms with van der Waals surface area (Å²) in [5.41, 5.74) is 5.32. The summed E-state index contributed by atoms with van der Waals surface area (Å²) >= 11 is 3.47. The van der Waals surface area contributed by atoms with Crippen molar-refractivity contribution in [3.63, 3.8) is 0 Å². The predicted molar refractivity (Wildman–Crippen MR) is 111 cm³/mol. The second kappa shape index (κ2) is 10.1. The van der Waals surface area contributed by atoms with E-state index < -0.39 is 34.9 Å². The van der Waals surface area contributed by atoms with Crippen LogP contribution in [-0.4, -0.2) is 65.3 Å². The first kappa shape index (κ1) is 24.3. The SMILES string of the molecule is Nc1nc(/C(=N/O)C(=O)NC2C(=O)N3C(C(=O)[O-])=C(/C=C\c4cnns4)CS[C@@H]23)cs1.[Na+]. The smallest absolute Gasteiger partial charge is 0.543 e. The molecule has 16 heteroatoms. The van der Waals surface area contributed by atoms with Gasteiger partial charge in [-0.25, -0.2) is 4.98 Å². The molecule has 0 bridgehead atoms. The fourth-order valence-electron chi connectivity index (χ4n) is 3.01. The molecule has 2 aromatic heterocycles. The van der Waals surface area contributed by atoms with Gasteiger partial charge in [0, 0.05) is 11.1 Å². The molecule has 160 valence electrons. The number of β-lactam (4-membered cyclic amide) rings is 1. The van der Waals surface area contributed by atoms with Gasteiger partial charge in [0.2, 0.25) is 0 Å². The Hall–Kier alpha value is -2.30. The average molecular weight is 502 g/mol. The van der Waals surface area contributed by atoms with Crippen LogP contribution < -0.4 is 45.7 Å².